The summed E-state index contributed by atoms with van der Waals surface area (Å²) in [5.41, 5.74) is 7.86. The normalized spacial score (nSPS) is 11.1. The standard InChI is InChI=1S/C17H13N3O2/c18-16(21)17(22)20-19-10-15-13-7-3-1-5-11(13)9-12-6-2-4-8-14(12)15/h1-10H,(H2,18,21)(H,20,22)/b19-10+. The smallest absolute Gasteiger partial charge is 0.329 e. The first-order valence-corrected chi connectivity index (χ1v) is 6.70. The molecule has 3 rings (SSSR count). The Morgan fingerprint density at radius 2 is 1.50 bits per heavy atom. The molecule has 0 radical (unpaired) electrons. The topological polar surface area (TPSA) is 84.5 Å². The number of hydrazone groups is 1. The van der Waals surface area contributed by atoms with E-state index < -0.39 is 11.8 Å². The molecule has 0 aromatic heterocycles. The zero-order chi connectivity index (χ0) is 15.5. The molecule has 0 heterocycles. The van der Waals surface area contributed by atoms with Crippen LogP contribution in [0, 0.1) is 0 Å². The van der Waals surface area contributed by atoms with E-state index in [2.05, 4.69) is 16.6 Å². The van der Waals surface area contributed by atoms with Gasteiger partial charge in [-0.15, -0.1) is 0 Å². The molecule has 0 aliphatic heterocycles. The summed E-state index contributed by atoms with van der Waals surface area (Å²) in [5.74, 6) is -2.01. The second-order valence-electron chi connectivity index (χ2n) is 4.80. The van der Waals surface area contributed by atoms with Gasteiger partial charge in [0.2, 0.25) is 0 Å². The summed E-state index contributed by atoms with van der Waals surface area (Å²) < 4.78 is 0. The summed E-state index contributed by atoms with van der Waals surface area (Å²) in [5, 5.41) is 8.01. The molecule has 5 nitrogen and oxygen atoms in total. The second kappa shape index (κ2) is 5.65. The number of amides is 2. The van der Waals surface area contributed by atoms with Gasteiger partial charge >= 0.3 is 11.8 Å². The minimum absolute atomic E-state index is 0.874. The fourth-order valence-corrected chi connectivity index (χ4v) is 2.40. The minimum Gasteiger partial charge on any atom is -0.361 e. The van der Waals surface area contributed by atoms with Gasteiger partial charge in [-0.25, -0.2) is 5.43 Å². The van der Waals surface area contributed by atoms with Crippen LogP contribution in [0.3, 0.4) is 0 Å². The van der Waals surface area contributed by atoms with Crippen LogP contribution in [0.4, 0.5) is 0 Å². The van der Waals surface area contributed by atoms with E-state index in [-0.39, 0.29) is 0 Å². The zero-order valence-corrected chi connectivity index (χ0v) is 11.6. The number of hydrogen-bond donors (Lipinski definition) is 2. The average Bonchev–Trinajstić information content (AvgIpc) is 2.53. The van der Waals surface area contributed by atoms with Gasteiger partial charge in [-0.2, -0.15) is 5.10 Å². The summed E-state index contributed by atoms with van der Waals surface area (Å²) in [6.07, 6.45) is 1.53. The van der Waals surface area contributed by atoms with E-state index in [0.717, 1.165) is 27.1 Å². The number of benzene rings is 3. The molecule has 0 spiro atoms. The lowest BCUT2D eigenvalue weighted by Crippen LogP contribution is -2.32. The maximum atomic E-state index is 11.2. The number of primary amides is 1. The highest BCUT2D eigenvalue weighted by Crippen LogP contribution is 2.27. The lowest BCUT2D eigenvalue weighted by molar-refractivity contribution is -0.137. The monoisotopic (exact) mass is 291 g/mol. The van der Waals surface area contributed by atoms with Gasteiger partial charge in [-0.05, 0) is 27.6 Å². The van der Waals surface area contributed by atoms with Crippen molar-refractivity contribution < 1.29 is 9.59 Å². The minimum atomic E-state index is -1.07. The number of rotatable bonds is 2. The molecule has 0 aliphatic rings. The number of carbonyl (C=O) groups is 2. The Morgan fingerprint density at radius 3 is 2.05 bits per heavy atom. The van der Waals surface area contributed by atoms with Gasteiger partial charge in [-0.3, -0.25) is 9.59 Å². The number of hydrogen-bond acceptors (Lipinski definition) is 3. The summed E-state index contributed by atoms with van der Waals surface area (Å²) in [6, 6.07) is 17.9. The van der Waals surface area contributed by atoms with Gasteiger partial charge in [0.1, 0.15) is 0 Å². The first-order valence-electron chi connectivity index (χ1n) is 6.70. The van der Waals surface area contributed by atoms with Crippen molar-refractivity contribution >= 4 is 39.6 Å². The largest absolute Gasteiger partial charge is 0.361 e. The highest BCUT2D eigenvalue weighted by molar-refractivity contribution is 6.34. The van der Waals surface area contributed by atoms with Crippen LogP contribution in [0.5, 0.6) is 0 Å². The van der Waals surface area contributed by atoms with E-state index in [1.807, 2.05) is 48.5 Å². The van der Waals surface area contributed by atoms with Gasteiger partial charge in [-0.1, -0.05) is 48.5 Å². The second-order valence-corrected chi connectivity index (χ2v) is 4.80. The zero-order valence-electron chi connectivity index (χ0n) is 11.6. The maximum absolute atomic E-state index is 11.2. The van der Waals surface area contributed by atoms with Crippen LogP contribution in [0.15, 0.2) is 59.7 Å². The Morgan fingerprint density at radius 1 is 0.955 bits per heavy atom. The summed E-state index contributed by atoms with van der Waals surface area (Å²) in [4.78, 5) is 21.9. The van der Waals surface area contributed by atoms with Crippen LogP contribution in [-0.2, 0) is 9.59 Å². The van der Waals surface area contributed by atoms with Crippen LogP contribution < -0.4 is 11.2 Å². The predicted octanol–water partition coefficient (Wildman–Crippen LogP) is 1.93. The maximum Gasteiger partial charge on any atom is 0.329 e. The highest BCUT2D eigenvalue weighted by atomic mass is 16.2. The number of nitrogens with one attached hydrogen (secondary N) is 1. The van der Waals surface area contributed by atoms with Gasteiger partial charge < -0.3 is 5.73 Å². The van der Waals surface area contributed by atoms with Gasteiger partial charge in [0.25, 0.3) is 0 Å². The molecular formula is C17H13N3O2. The van der Waals surface area contributed by atoms with Crippen LogP contribution in [0.2, 0.25) is 0 Å². The molecule has 0 saturated carbocycles. The molecule has 108 valence electrons. The predicted molar refractivity (Wildman–Crippen MR) is 86.4 cm³/mol. The number of fused-ring (bicyclic) bond motifs is 2. The Hall–Kier alpha value is -3.21. The molecule has 0 unspecified atom stereocenters. The molecule has 22 heavy (non-hydrogen) atoms. The van der Waals surface area contributed by atoms with E-state index in [1.165, 1.54) is 6.21 Å². The van der Waals surface area contributed by atoms with Crippen LogP contribution in [0.1, 0.15) is 5.56 Å². The molecule has 3 aromatic rings. The van der Waals surface area contributed by atoms with Gasteiger partial charge in [0.05, 0.1) is 6.21 Å². The first kappa shape index (κ1) is 13.8. The molecule has 2 amide bonds. The van der Waals surface area contributed by atoms with Crippen molar-refractivity contribution in [2.75, 3.05) is 0 Å². The third-order valence-corrected chi connectivity index (χ3v) is 3.40. The molecule has 0 aliphatic carbocycles. The van der Waals surface area contributed by atoms with E-state index in [9.17, 15) is 9.59 Å². The van der Waals surface area contributed by atoms with Crippen molar-refractivity contribution in [3.05, 3.63) is 60.2 Å². The van der Waals surface area contributed by atoms with Crippen LogP contribution >= 0.6 is 0 Å². The van der Waals surface area contributed by atoms with Gasteiger partial charge in [0.15, 0.2) is 0 Å². The van der Waals surface area contributed by atoms with E-state index in [0.29, 0.717) is 0 Å². The molecule has 0 atom stereocenters. The third-order valence-electron chi connectivity index (χ3n) is 3.40. The molecule has 5 heteroatoms. The number of carbonyl (C=O) groups excluding carboxylic acids is 2. The van der Waals surface area contributed by atoms with Crippen molar-refractivity contribution in [3.63, 3.8) is 0 Å². The fraction of sp³-hybridized carbons (Fsp3) is 0. The van der Waals surface area contributed by atoms with E-state index in [4.69, 9.17) is 5.73 Å². The molecule has 0 saturated heterocycles. The van der Waals surface area contributed by atoms with E-state index in [1.54, 1.807) is 0 Å². The molecule has 3 N–H and O–H groups in total. The lowest BCUT2D eigenvalue weighted by Gasteiger charge is -2.07. The van der Waals surface area contributed by atoms with Crippen molar-refractivity contribution in [1.82, 2.24) is 5.43 Å². The van der Waals surface area contributed by atoms with Crippen molar-refractivity contribution in [3.8, 4) is 0 Å². The summed E-state index contributed by atoms with van der Waals surface area (Å²) >= 11 is 0. The molecule has 0 fully saturated rings. The van der Waals surface area contributed by atoms with Gasteiger partial charge in [0, 0.05) is 5.56 Å². The van der Waals surface area contributed by atoms with Crippen LogP contribution in [0.25, 0.3) is 21.5 Å². The molecule has 0 bridgehead atoms. The fourth-order valence-electron chi connectivity index (χ4n) is 2.40. The summed E-state index contributed by atoms with van der Waals surface area (Å²) in [7, 11) is 0. The van der Waals surface area contributed by atoms with Crippen molar-refractivity contribution in [2.45, 2.75) is 0 Å². The van der Waals surface area contributed by atoms with Crippen LogP contribution in [-0.4, -0.2) is 18.0 Å². The Kier molecular flexibility index (Phi) is 3.53. The SMILES string of the molecule is NC(=O)C(=O)N/N=C/c1c2ccccc2cc2ccccc12. The first-order chi connectivity index (χ1) is 10.7. The number of nitrogens with zero attached hydrogens (tertiary/aromatic N) is 1. The van der Waals surface area contributed by atoms with Crippen molar-refractivity contribution in [1.29, 1.82) is 0 Å². The Balaban J connectivity index is 2.14. The molecule has 3 aromatic carbocycles. The highest BCUT2D eigenvalue weighted by Gasteiger charge is 2.07. The quantitative estimate of drug-likeness (QED) is 0.327. The van der Waals surface area contributed by atoms with Crippen molar-refractivity contribution in [2.24, 2.45) is 10.8 Å². The molecular weight excluding hydrogens is 278 g/mol. The Labute approximate surface area is 126 Å². The average molecular weight is 291 g/mol. The van der Waals surface area contributed by atoms with E-state index >= 15 is 0 Å². The summed E-state index contributed by atoms with van der Waals surface area (Å²) in [6.45, 7) is 0. The Bertz CT molecular complexity index is 862. The lowest BCUT2D eigenvalue weighted by atomic mass is 9.97. The third kappa shape index (κ3) is 2.52. The number of nitrogens with two attached hydrogens (primary N) is 1.